The molecule has 6 N–H and O–H groups in total. The van der Waals surface area contributed by atoms with E-state index in [2.05, 4.69) is 25.8 Å². The SMILES string of the molecule is CC(=O)c1ccc(Br)cc1.CCO.CCO.CCOC(=O)C[C-]=O.CCOC(=O)Cc1ccc(C(C)=NO)c(F)c1.CCOC(=O)Cc1ccc(C(C)=O)c(F)c1.CCOC(=O)Cc1ccc(C(C)N)c(F)c1.[K+].[OH-]. The number of hydrogen-bond acceptors (Lipinski definition) is 17. The van der Waals surface area contributed by atoms with Crippen molar-refractivity contribution in [3.05, 3.63) is 140 Å². The smallest absolute Gasteiger partial charge is 0.870 e. The van der Waals surface area contributed by atoms with E-state index in [1.807, 2.05) is 12.1 Å². The maximum Gasteiger partial charge on any atom is 1.00 e. The molecule has 4 aromatic rings. The Morgan fingerprint density at radius 2 is 0.947 bits per heavy atom. The van der Waals surface area contributed by atoms with E-state index in [4.69, 9.17) is 35.4 Å². The van der Waals surface area contributed by atoms with Crippen LogP contribution in [0.4, 0.5) is 13.2 Å². The molecule has 1 atom stereocenters. The minimum absolute atomic E-state index is 0. The third-order valence-electron chi connectivity index (χ3n) is 8.28. The number of Topliss-reactive ketones (excluding diaryl/α,β-unsaturated/α-hetero) is 2. The zero-order valence-electron chi connectivity index (χ0n) is 44.5. The van der Waals surface area contributed by atoms with Crippen molar-refractivity contribution in [2.75, 3.05) is 39.6 Å². The number of carbonyl (C=O) groups is 6. The second kappa shape index (κ2) is 48.6. The standard InChI is InChI=1S/C12H14FNO3.C12H16FNO2.C12H13FO3.C8H7BrO.C5H7O3.2C2H6O.K.H2O/c1-3-17-12(15)7-9-4-5-10(8(2)14-16)11(13)6-9;2*1-3-16-12(15)7-9-4-5-10(8(2)14)11(13)6-9;1-6(10)7-2-4-8(9)5-3-7;1-2-8-5(7)3-4-6;2*1-2-3;;/h4-6,16H,3,7H2,1-2H3;4-6,8H,3,7,14H2,1-2H3;4-6H,3,7H2,1-2H3;2-5H,1H3;2-3H2,1H3;2*3H,2H2,1H3;;1H2/q;;;;-1;;;+1;/p-1. The molecule has 412 valence electrons. The van der Waals surface area contributed by atoms with E-state index in [-0.39, 0.29) is 142 Å². The number of aliphatic hydroxyl groups excluding tert-OH is 2. The van der Waals surface area contributed by atoms with Crippen molar-refractivity contribution in [3.8, 4) is 0 Å². The molecule has 0 aromatic heterocycles. The van der Waals surface area contributed by atoms with Crippen molar-refractivity contribution in [1.29, 1.82) is 0 Å². The fourth-order valence-corrected chi connectivity index (χ4v) is 5.38. The second-order valence-corrected chi connectivity index (χ2v) is 15.2. The van der Waals surface area contributed by atoms with E-state index in [1.165, 1.54) is 50.5 Å². The third-order valence-corrected chi connectivity index (χ3v) is 8.80. The van der Waals surface area contributed by atoms with E-state index in [9.17, 15) is 46.7 Å². The number of nitrogens with zero attached hydrogens (tertiary/aromatic N) is 1. The maximum absolute atomic E-state index is 13.6. The molecule has 22 heteroatoms. The van der Waals surface area contributed by atoms with Crippen molar-refractivity contribution in [1.82, 2.24) is 0 Å². The normalized spacial score (nSPS) is 9.91. The Hall–Kier alpha value is -5.01. The molecule has 0 saturated carbocycles. The fourth-order valence-electron chi connectivity index (χ4n) is 5.11. The van der Waals surface area contributed by atoms with Crippen molar-refractivity contribution in [2.24, 2.45) is 10.9 Å². The Kier molecular flexibility index (Phi) is 51.1. The molecule has 0 aliphatic carbocycles. The molecule has 0 radical (unpaired) electrons. The molecule has 0 heterocycles. The molecular weight excluding hydrogens is 1080 g/mol. The summed E-state index contributed by atoms with van der Waals surface area (Å²) in [7, 11) is 0. The van der Waals surface area contributed by atoms with Crippen LogP contribution < -0.4 is 57.1 Å². The molecule has 17 nitrogen and oxygen atoms in total. The number of benzene rings is 4. The summed E-state index contributed by atoms with van der Waals surface area (Å²) in [5.74, 6) is -3.40. The number of rotatable bonds is 16. The number of hydrogen-bond donors (Lipinski definition) is 4. The Labute approximate surface area is 488 Å². The summed E-state index contributed by atoms with van der Waals surface area (Å²) in [6.45, 7) is 18.0. The number of nitrogens with two attached hydrogens (primary N) is 1. The Morgan fingerprint density at radius 1 is 0.600 bits per heavy atom. The molecule has 0 aliphatic rings. The van der Waals surface area contributed by atoms with Gasteiger partial charge in [-0.25, -0.2) is 13.2 Å². The molecule has 0 aliphatic heterocycles. The van der Waals surface area contributed by atoms with Crippen LogP contribution in [0.15, 0.2) is 88.5 Å². The summed E-state index contributed by atoms with van der Waals surface area (Å²) in [5, 5.41) is 26.6. The number of ether oxygens (including phenoxy) is 4. The average molecular weight is 1150 g/mol. The van der Waals surface area contributed by atoms with E-state index < -0.39 is 29.5 Å². The summed E-state index contributed by atoms with van der Waals surface area (Å²) in [6, 6.07) is 20.0. The number of halogens is 4. The van der Waals surface area contributed by atoms with Gasteiger partial charge < -0.3 is 50.4 Å². The first-order valence-electron chi connectivity index (χ1n) is 22.8. The molecule has 75 heavy (non-hydrogen) atoms. The Bertz CT molecular complexity index is 2320. The Morgan fingerprint density at radius 3 is 1.24 bits per heavy atom. The van der Waals surface area contributed by atoms with Gasteiger partial charge in [-0.05, 0) is 128 Å². The predicted molar refractivity (Wildman–Crippen MR) is 275 cm³/mol. The van der Waals surface area contributed by atoms with Gasteiger partial charge in [-0.15, -0.1) is 0 Å². The van der Waals surface area contributed by atoms with Crippen molar-refractivity contribution in [3.63, 3.8) is 0 Å². The topological polar surface area (TPSA) is 285 Å². The molecule has 0 spiro atoms. The van der Waals surface area contributed by atoms with Crippen molar-refractivity contribution >= 4 is 63.4 Å². The van der Waals surface area contributed by atoms with Gasteiger partial charge in [0.25, 0.3) is 5.97 Å². The van der Waals surface area contributed by atoms with Crippen LogP contribution in [0.3, 0.4) is 0 Å². The first kappa shape index (κ1) is 78.9. The number of carbonyl (C=O) groups excluding carboxylic acids is 7. The molecule has 0 saturated heterocycles. The largest absolute Gasteiger partial charge is 1.00 e. The summed E-state index contributed by atoms with van der Waals surface area (Å²) < 4.78 is 60.1. The molecular formula is C53H70BrF3KN2O15-. The molecule has 0 amide bonds. The van der Waals surface area contributed by atoms with Crippen LogP contribution in [0.5, 0.6) is 0 Å². The summed E-state index contributed by atoms with van der Waals surface area (Å²) in [4.78, 5) is 74.8. The van der Waals surface area contributed by atoms with E-state index in [0.717, 1.165) is 10.0 Å². The fraction of sp³-hybridized carbons (Fsp3) is 0.396. The van der Waals surface area contributed by atoms with Gasteiger partial charge >= 0.3 is 69.3 Å². The summed E-state index contributed by atoms with van der Waals surface area (Å²) in [5.41, 5.74) is 8.84. The van der Waals surface area contributed by atoms with Gasteiger partial charge in [0.05, 0.1) is 57.0 Å². The van der Waals surface area contributed by atoms with E-state index in [0.29, 0.717) is 48.7 Å². The van der Waals surface area contributed by atoms with E-state index in [1.54, 1.807) is 91.8 Å². The van der Waals surface area contributed by atoms with Gasteiger partial charge in [0.2, 0.25) is 0 Å². The predicted octanol–water partition coefficient (Wildman–Crippen LogP) is 5.74. The van der Waals surface area contributed by atoms with Crippen LogP contribution in [0.1, 0.15) is 130 Å². The number of oxime groups is 1. The third kappa shape index (κ3) is 39.1. The van der Waals surface area contributed by atoms with Crippen molar-refractivity contribution in [2.45, 2.75) is 101 Å². The second-order valence-electron chi connectivity index (χ2n) is 14.3. The Balaban J connectivity index is -0.000000268. The van der Waals surface area contributed by atoms with Gasteiger partial charge in [0, 0.05) is 40.4 Å². The monoisotopic (exact) mass is 1150 g/mol. The van der Waals surface area contributed by atoms with Crippen LogP contribution in [0.25, 0.3) is 0 Å². The maximum atomic E-state index is 13.6. The first-order chi connectivity index (χ1) is 34.5. The number of esters is 4. The number of ketones is 2. The minimum atomic E-state index is -0.603. The van der Waals surface area contributed by atoms with Crippen LogP contribution in [0, 0.1) is 17.5 Å². The zero-order valence-corrected chi connectivity index (χ0v) is 49.2. The van der Waals surface area contributed by atoms with Crippen LogP contribution in [-0.2, 0) is 62.2 Å². The summed E-state index contributed by atoms with van der Waals surface area (Å²) >= 11 is 3.28. The van der Waals surface area contributed by atoms with Gasteiger partial charge in [-0.2, -0.15) is 0 Å². The molecule has 0 bridgehead atoms. The van der Waals surface area contributed by atoms with Gasteiger partial charge in [-0.1, -0.05) is 63.9 Å². The first-order valence-corrected chi connectivity index (χ1v) is 23.6. The summed E-state index contributed by atoms with van der Waals surface area (Å²) in [6.07, 6.45) is 1.30. The van der Waals surface area contributed by atoms with Gasteiger partial charge in [0.1, 0.15) is 17.5 Å². The zero-order chi connectivity index (χ0) is 56.5. The van der Waals surface area contributed by atoms with Gasteiger partial charge in [0.15, 0.2) is 11.6 Å². The van der Waals surface area contributed by atoms with Crippen LogP contribution >= 0.6 is 15.9 Å². The quantitative estimate of drug-likeness (QED) is 0.0120. The van der Waals surface area contributed by atoms with Gasteiger partial charge in [-0.3, -0.25) is 35.1 Å². The molecule has 1 unspecified atom stereocenters. The van der Waals surface area contributed by atoms with Crippen LogP contribution in [-0.4, -0.2) is 108 Å². The molecule has 4 rings (SSSR count). The van der Waals surface area contributed by atoms with Crippen molar-refractivity contribution < 1.29 is 138 Å². The van der Waals surface area contributed by atoms with E-state index >= 15 is 0 Å². The average Bonchev–Trinajstić information content (AvgIpc) is 3.30. The molecule has 4 aromatic carbocycles. The molecule has 0 fully saturated rings. The van der Waals surface area contributed by atoms with Crippen LogP contribution in [0.2, 0.25) is 0 Å². The minimum Gasteiger partial charge on any atom is -0.870 e. The number of aliphatic hydroxyl groups is 2.